The largest absolute Gasteiger partial charge is 0.371 e. The van der Waals surface area contributed by atoms with Crippen LogP contribution in [0.3, 0.4) is 0 Å². The van der Waals surface area contributed by atoms with Crippen molar-refractivity contribution in [3.63, 3.8) is 0 Å². The van der Waals surface area contributed by atoms with Gasteiger partial charge in [0, 0.05) is 13.1 Å². The highest BCUT2D eigenvalue weighted by atomic mass is 19.1. The van der Waals surface area contributed by atoms with Crippen LogP contribution in [0, 0.1) is 11.8 Å². The minimum absolute atomic E-state index is 0.0424. The minimum atomic E-state index is -0.985. The molecule has 3 rings (SSSR count). The average molecular weight is 283 g/mol. The second-order valence-corrected chi connectivity index (χ2v) is 6.86. The molecular weight excluding hydrogens is 257 g/mol. The number of rotatable bonds is 5. The molecule has 4 heteroatoms. The Balaban J connectivity index is 1.35. The molecular formula is C16H26FNO2. The van der Waals surface area contributed by atoms with E-state index in [-0.39, 0.29) is 18.4 Å². The first-order valence-electron chi connectivity index (χ1n) is 8.22. The summed E-state index contributed by atoms with van der Waals surface area (Å²) in [6.45, 7) is 2.03. The molecule has 114 valence electrons. The van der Waals surface area contributed by atoms with Crippen molar-refractivity contribution in [2.45, 2.75) is 57.0 Å². The van der Waals surface area contributed by atoms with E-state index in [2.05, 4.69) is 0 Å². The predicted molar refractivity (Wildman–Crippen MR) is 75.2 cm³/mol. The minimum Gasteiger partial charge on any atom is -0.371 e. The molecule has 1 saturated heterocycles. The van der Waals surface area contributed by atoms with Crippen LogP contribution in [0.15, 0.2) is 0 Å². The van der Waals surface area contributed by atoms with Crippen molar-refractivity contribution in [1.29, 1.82) is 0 Å². The van der Waals surface area contributed by atoms with Crippen LogP contribution in [0.5, 0.6) is 0 Å². The van der Waals surface area contributed by atoms with Gasteiger partial charge in [0.25, 0.3) is 0 Å². The number of amides is 1. The summed E-state index contributed by atoms with van der Waals surface area (Å²) in [5, 5.41) is 0. The number of likely N-dealkylation sites (tertiary alicyclic amines) is 1. The molecule has 0 bridgehead atoms. The molecule has 0 atom stereocenters. The lowest BCUT2D eigenvalue weighted by Gasteiger charge is -2.36. The van der Waals surface area contributed by atoms with E-state index in [9.17, 15) is 9.18 Å². The Bertz CT molecular complexity index is 342. The van der Waals surface area contributed by atoms with Gasteiger partial charge in [-0.15, -0.1) is 0 Å². The summed E-state index contributed by atoms with van der Waals surface area (Å²) in [4.78, 5) is 13.8. The van der Waals surface area contributed by atoms with Gasteiger partial charge in [-0.1, -0.05) is 12.8 Å². The fourth-order valence-corrected chi connectivity index (χ4v) is 3.72. The highest BCUT2D eigenvalue weighted by Crippen LogP contribution is 2.47. The Kier molecular flexibility index (Phi) is 4.29. The molecule has 1 heterocycles. The molecule has 0 radical (unpaired) electrons. The summed E-state index contributed by atoms with van der Waals surface area (Å²) in [5.74, 6) is 0.969. The molecule has 0 spiro atoms. The van der Waals surface area contributed by atoms with Gasteiger partial charge < -0.3 is 9.64 Å². The molecule has 0 aromatic rings. The summed E-state index contributed by atoms with van der Waals surface area (Å²) < 4.78 is 20.0. The van der Waals surface area contributed by atoms with E-state index in [0.29, 0.717) is 38.5 Å². The first kappa shape index (κ1) is 14.3. The van der Waals surface area contributed by atoms with Crippen LogP contribution in [0.4, 0.5) is 4.39 Å². The normalized spacial score (nSPS) is 26.9. The fraction of sp³-hybridized carbons (Fsp3) is 0.938. The molecule has 3 fully saturated rings. The summed E-state index contributed by atoms with van der Waals surface area (Å²) in [5.41, 5.74) is -0.985. The lowest BCUT2D eigenvalue weighted by Crippen LogP contribution is -2.46. The maximum Gasteiger partial charge on any atom is 0.248 e. The standard InChI is InChI=1S/C16H26FNO2/c17-16(14-5-6-14)7-9-18(10-8-16)15(19)12-20-11-13-3-1-2-4-13/h13-14H,1-12H2. The van der Waals surface area contributed by atoms with Crippen molar-refractivity contribution in [3.8, 4) is 0 Å². The van der Waals surface area contributed by atoms with Crippen molar-refractivity contribution in [3.05, 3.63) is 0 Å². The van der Waals surface area contributed by atoms with Gasteiger partial charge in [-0.25, -0.2) is 4.39 Å². The Labute approximate surface area is 120 Å². The zero-order chi connectivity index (χ0) is 14.0. The van der Waals surface area contributed by atoms with Crippen LogP contribution in [0.2, 0.25) is 0 Å². The van der Waals surface area contributed by atoms with Crippen molar-refractivity contribution in [1.82, 2.24) is 4.90 Å². The Hall–Kier alpha value is -0.640. The molecule has 0 aromatic heterocycles. The van der Waals surface area contributed by atoms with E-state index in [1.165, 1.54) is 25.7 Å². The summed E-state index contributed by atoms with van der Waals surface area (Å²) in [7, 11) is 0. The van der Waals surface area contributed by atoms with Gasteiger partial charge in [0.15, 0.2) is 0 Å². The maximum atomic E-state index is 14.5. The number of halogens is 1. The second-order valence-electron chi connectivity index (χ2n) is 6.86. The van der Waals surface area contributed by atoms with E-state index in [1.54, 1.807) is 4.90 Å². The van der Waals surface area contributed by atoms with Gasteiger partial charge >= 0.3 is 0 Å². The molecule has 3 aliphatic rings. The first-order chi connectivity index (χ1) is 9.67. The fourth-order valence-electron chi connectivity index (χ4n) is 3.72. The molecule has 0 aromatic carbocycles. The SMILES string of the molecule is O=C(COCC1CCCC1)N1CCC(F)(C2CC2)CC1. The van der Waals surface area contributed by atoms with Crippen molar-refractivity contribution >= 4 is 5.91 Å². The van der Waals surface area contributed by atoms with Crippen molar-refractivity contribution in [2.75, 3.05) is 26.3 Å². The Morgan fingerprint density at radius 2 is 1.80 bits per heavy atom. The van der Waals surface area contributed by atoms with Gasteiger partial charge in [0.05, 0.1) is 6.61 Å². The molecule has 0 unspecified atom stereocenters. The quantitative estimate of drug-likeness (QED) is 0.776. The highest BCUT2D eigenvalue weighted by Gasteiger charge is 2.47. The van der Waals surface area contributed by atoms with Crippen LogP contribution < -0.4 is 0 Å². The van der Waals surface area contributed by atoms with Crippen LogP contribution in [-0.2, 0) is 9.53 Å². The summed E-state index contributed by atoms with van der Waals surface area (Å²) in [6, 6.07) is 0. The third-order valence-corrected chi connectivity index (χ3v) is 5.31. The van der Waals surface area contributed by atoms with Crippen LogP contribution in [0.1, 0.15) is 51.4 Å². The van der Waals surface area contributed by atoms with Crippen LogP contribution in [-0.4, -0.2) is 42.8 Å². The number of carbonyl (C=O) groups is 1. The Morgan fingerprint density at radius 1 is 1.15 bits per heavy atom. The number of carbonyl (C=O) groups excluding carboxylic acids is 1. The number of ether oxygens (including phenoxy) is 1. The van der Waals surface area contributed by atoms with Gasteiger partial charge in [-0.3, -0.25) is 4.79 Å². The topological polar surface area (TPSA) is 29.5 Å². The number of hydrogen-bond acceptors (Lipinski definition) is 2. The van der Waals surface area contributed by atoms with E-state index in [1.807, 2.05) is 0 Å². The molecule has 1 aliphatic heterocycles. The lowest BCUT2D eigenvalue weighted by atomic mass is 9.88. The molecule has 3 nitrogen and oxygen atoms in total. The zero-order valence-corrected chi connectivity index (χ0v) is 12.3. The van der Waals surface area contributed by atoms with E-state index in [4.69, 9.17) is 4.74 Å². The second kappa shape index (κ2) is 6.00. The van der Waals surface area contributed by atoms with Gasteiger partial charge in [0.1, 0.15) is 12.3 Å². The monoisotopic (exact) mass is 283 g/mol. The zero-order valence-electron chi connectivity index (χ0n) is 12.3. The molecule has 2 saturated carbocycles. The first-order valence-corrected chi connectivity index (χ1v) is 8.22. The number of piperidine rings is 1. The average Bonchev–Trinajstić information content (AvgIpc) is 3.19. The maximum absolute atomic E-state index is 14.5. The molecule has 1 amide bonds. The van der Waals surface area contributed by atoms with Crippen molar-refractivity contribution < 1.29 is 13.9 Å². The van der Waals surface area contributed by atoms with Crippen molar-refractivity contribution in [2.24, 2.45) is 11.8 Å². The van der Waals surface area contributed by atoms with E-state index < -0.39 is 5.67 Å². The smallest absolute Gasteiger partial charge is 0.248 e. The summed E-state index contributed by atoms with van der Waals surface area (Å²) >= 11 is 0. The van der Waals surface area contributed by atoms with Gasteiger partial charge in [-0.2, -0.15) is 0 Å². The molecule has 0 N–H and O–H groups in total. The number of alkyl halides is 1. The Morgan fingerprint density at radius 3 is 2.40 bits per heavy atom. The number of hydrogen-bond donors (Lipinski definition) is 0. The van der Waals surface area contributed by atoms with E-state index in [0.717, 1.165) is 12.8 Å². The van der Waals surface area contributed by atoms with Crippen LogP contribution in [0.25, 0.3) is 0 Å². The number of nitrogens with zero attached hydrogens (tertiary/aromatic N) is 1. The summed E-state index contributed by atoms with van der Waals surface area (Å²) in [6.07, 6.45) is 8.19. The van der Waals surface area contributed by atoms with Gasteiger partial charge in [0.2, 0.25) is 5.91 Å². The third kappa shape index (κ3) is 3.33. The predicted octanol–water partition coefficient (Wildman–Crippen LogP) is 2.93. The third-order valence-electron chi connectivity index (χ3n) is 5.31. The molecule has 2 aliphatic carbocycles. The molecule has 20 heavy (non-hydrogen) atoms. The van der Waals surface area contributed by atoms with E-state index >= 15 is 0 Å². The van der Waals surface area contributed by atoms with Gasteiger partial charge in [-0.05, 0) is 50.4 Å². The highest BCUT2D eigenvalue weighted by molar-refractivity contribution is 5.77. The lowest BCUT2D eigenvalue weighted by molar-refractivity contribution is -0.139. The van der Waals surface area contributed by atoms with Crippen LogP contribution >= 0.6 is 0 Å².